The summed E-state index contributed by atoms with van der Waals surface area (Å²) in [5, 5.41) is 2.69. The van der Waals surface area contributed by atoms with E-state index < -0.39 is 27.8 Å². The molecular weight excluding hydrogens is 421 g/mol. The van der Waals surface area contributed by atoms with Crippen molar-refractivity contribution in [2.24, 2.45) is 0 Å². The third-order valence-corrected chi connectivity index (χ3v) is 6.39. The van der Waals surface area contributed by atoms with Crippen molar-refractivity contribution >= 4 is 33.2 Å². The third kappa shape index (κ3) is 5.04. The number of carbonyl (C=O) groups excluding carboxylic acids is 2. The first-order chi connectivity index (χ1) is 14.7. The van der Waals surface area contributed by atoms with E-state index in [4.69, 9.17) is 0 Å². The van der Waals surface area contributed by atoms with E-state index in [1.165, 1.54) is 18.2 Å². The van der Waals surface area contributed by atoms with E-state index in [0.29, 0.717) is 24.3 Å². The predicted molar refractivity (Wildman–Crippen MR) is 118 cm³/mol. The Labute approximate surface area is 181 Å². The number of amides is 2. The van der Waals surface area contributed by atoms with Gasteiger partial charge in [0.2, 0.25) is 15.9 Å². The molecule has 1 atom stereocenters. The molecule has 0 bridgehead atoms. The highest BCUT2D eigenvalue weighted by molar-refractivity contribution is 7.92. The normalized spacial score (nSPS) is 14.9. The lowest BCUT2D eigenvalue weighted by molar-refractivity contribution is -0.117. The van der Waals surface area contributed by atoms with Crippen molar-refractivity contribution in [2.45, 2.75) is 32.2 Å². The molecule has 0 aliphatic carbocycles. The number of hydrogen-bond acceptors (Lipinski definition) is 4. The van der Waals surface area contributed by atoms with E-state index in [-0.39, 0.29) is 18.0 Å². The smallest absolute Gasteiger partial charge is 0.255 e. The maximum atomic E-state index is 14.4. The maximum Gasteiger partial charge on any atom is 0.255 e. The van der Waals surface area contributed by atoms with Gasteiger partial charge in [0.1, 0.15) is 11.9 Å². The van der Waals surface area contributed by atoms with Gasteiger partial charge in [-0.15, -0.1) is 0 Å². The highest BCUT2D eigenvalue weighted by atomic mass is 32.2. The van der Waals surface area contributed by atoms with Crippen molar-refractivity contribution in [1.29, 1.82) is 0 Å². The van der Waals surface area contributed by atoms with Crippen molar-refractivity contribution in [3.63, 3.8) is 0 Å². The van der Waals surface area contributed by atoms with Crippen molar-refractivity contribution < 1.29 is 22.4 Å². The van der Waals surface area contributed by atoms with Gasteiger partial charge in [0.05, 0.1) is 23.2 Å². The zero-order valence-corrected chi connectivity index (χ0v) is 18.4. The molecule has 1 N–H and O–H groups in total. The van der Waals surface area contributed by atoms with Gasteiger partial charge < -0.3 is 10.2 Å². The van der Waals surface area contributed by atoms with Gasteiger partial charge in [0, 0.05) is 13.1 Å². The largest absolute Gasteiger partial charge is 0.339 e. The molecule has 2 aromatic rings. The molecule has 0 spiro atoms. The van der Waals surface area contributed by atoms with Gasteiger partial charge in [-0.25, -0.2) is 12.8 Å². The van der Waals surface area contributed by atoms with Gasteiger partial charge in [-0.05, 0) is 43.5 Å². The number of rotatable bonds is 7. The first kappa shape index (κ1) is 22.7. The summed E-state index contributed by atoms with van der Waals surface area (Å²) in [6, 6.07) is 10.8. The number of likely N-dealkylation sites (tertiary alicyclic amines) is 1. The lowest BCUT2D eigenvalue weighted by atomic mass is 10.1. The van der Waals surface area contributed by atoms with Crippen molar-refractivity contribution in [3.8, 4) is 0 Å². The summed E-state index contributed by atoms with van der Waals surface area (Å²) in [5.41, 5.74) is 0.433. The molecule has 31 heavy (non-hydrogen) atoms. The monoisotopic (exact) mass is 447 g/mol. The molecule has 0 aromatic heterocycles. The highest BCUT2D eigenvalue weighted by Crippen LogP contribution is 2.27. The number of carbonyl (C=O) groups is 2. The van der Waals surface area contributed by atoms with Gasteiger partial charge in [-0.2, -0.15) is 0 Å². The fourth-order valence-corrected chi connectivity index (χ4v) is 4.96. The van der Waals surface area contributed by atoms with E-state index in [0.717, 1.165) is 29.5 Å². The Bertz CT molecular complexity index is 1070. The number of benzene rings is 2. The Morgan fingerprint density at radius 2 is 1.71 bits per heavy atom. The standard InChI is InChI=1S/C22H26FN3O4S/c1-3-19(26(31(2,29)30)20-13-7-5-11-17(20)23)21(27)24-18-12-6-4-10-16(18)22(28)25-14-8-9-15-25/h4-7,10-13,19H,3,8-9,14-15H2,1-2H3,(H,24,27). The minimum atomic E-state index is -3.97. The van der Waals surface area contributed by atoms with E-state index >= 15 is 0 Å². The average Bonchev–Trinajstić information content (AvgIpc) is 3.26. The average molecular weight is 448 g/mol. The lowest BCUT2D eigenvalue weighted by Crippen LogP contribution is -2.47. The molecule has 0 radical (unpaired) electrons. The minimum absolute atomic E-state index is 0.107. The summed E-state index contributed by atoms with van der Waals surface area (Å²) in [7, 11) is -3.97. The maximum absolute atomic E-state index is 14.4. The topological polar surface area (TPSA) is 86.8 Å². The molecule has 3 rings (SSSR count). The second-order valence-electron chi connectivity index (χ2n) is 7.47. The van der Waals surface area contributed by atoms with Crippen LogP contribution in [0.1, 0.15) is 36.5 Å². The Kier molecular flexibility index (Phi) is 6.94. The van der Waals surface area contributed by atoms with Crippen LogP contribution < -0.4 is 9.62 Å². The van der Waals surface area contributed by atoms with Crippen molar-refractivity contribution in [1.82, 2.24) is 4.90 Å². The number of sulfonamides is 1. The number of anilines is 2. The first-order valence-electron chi connectivity index (χ1n) is 10.2. The SMILES string of the molecule is CCC(C(=O)Nc1ccccc1C(=O)N1CCCC1)N(c1ccccc1F)S(C)(=O)=O. The highest BCUT2D eigenvalue weighted by Gasteiger charge is 2.33. The number of para-hydroxylation sites is 2. The summed E-state index contributed by atoms with van der Waals surface area (Å²) in [6.45, 7) is 2.96. The van der Waals surface area contributed by atoms with Crippen LogP contribution in [0, 0.1) is 5.82 Å². The zero-order chi connectivity index (χ0) is 22.6. The number of nitrogens with one attached hydrogen (secondary N) is 1. The molecule has 1 aliphatic heterocycles. The minimum Gasteiger partial charge on any atom is -0.339 e. The second-order valence-corrected chi connectivity index (χ2v) is 9.33. The Balaban J connectivity index is 1.92. The van der Waals surface area contributed by atoms with Crippen LogP contribution >= 0.6 is 0 Å². The predicted octanol–water partition coefficient (Wildman–Crippen LogP) is 3.25. The van der Waals surface area contributed by atoms with Crippen LogP contribution in [0.25, 0.3) is 0 Å². The van der Waals surface area contributed by atoms with Crippen LogP contribution in [0.15, 0.2) is 48.5 Å². The quantitative estimate of drug-likeness (QED) is 0.706. The number of hydrogen-bond donors (Lipinski definition) is 1. The van der Waals surface area contributed by atoms with Gasteiger partial charge >= 0.3 is 0 Å². The van der Waals surface area contributed by atoms with Crippen LogP contribution in [0.5, 0.6) is 0 Å². The fraction of sp³-hybridized carbons (Fsp3) is 0.364. The molecule has 1 fully saturated rings. The van der Waals surface area contributed by atoms with Crippen molar-refractivity contribution in [2.75, 3.05) is 29.0 Å². The summed E-state index contributed by atoms with van der Waals surface area (Å²) < 4.78 is 40.2. The van der Waals surface area contributed by atoms with Gasteiger partial charge in [0.15, 0.2) is 0 Å². The molecule has 7 nitrogen and oxygen atoms in total. The number of halogens is 1. The molecule has 2 aromatic carbocycles. The van der Waals surface area contributed by atoms with Crippen LogP contribution in [0.3, 0.4) is 0 Å². The summed E-state index contributed by atoms with van der Waals surface area (Å²) in [4.78, 5) is 27.7. The van der Waals surface area contributed by atoms with Crippen molar-refractivity contribution in [3.05, 3.63) is 59.9 Å². The van der Waals surface area contributed by atoms with Gasteiger partial charge in [-0.1, -0.05) is 31.2 Å². The molecule has 1 heterocycles. The van der Waals surface area contributed by atoms with E-state index in [2.05, 4.69) is 5.32 Å². The van der Waals surface area contributed by atoms with E-state index in [1.54, 1.807) is 36.1 Å². The van der Waals surface area contributed by atoms with Crippen LogP contribution in [0.4, 0.5) is 15.8 Å². The Hall–Kier alpha value is -2.94. The lowest BCUT2D eigenvalue weighted by Gasteiger charge is -2.30. The number of nitrogens with zero attached hydrogens (tertiary/aromatic N) is 2. The second kappa shape index (κ2) is 9.47. The molecule has 0 saturated carbocycles. The molecular formula is C22H26FN3O4S. The van der Waals surface area contributed by atoms with Crippen LogP contribution in [0.2, 0.25) is 0 Å². The van der Waals surface area contributed by atoms with Gasteiger partial charge in [-0.3, -0.25) is 13.9 Å². The molecule has 1 saturated heterocycles. The molecule has 1 aliphatic rings. The summed E-state index contributed by atoms with van der Waals surface area (Å²) in [5.74, 6) is -1.57. The zero-order valence-electron chi connectivity index (χ0n) is 17.5. The van der Waals surface area contributed by atoms with E-state index in [1.807, 2.05) is 0 Å². The molecule has 166 valence electrons. The Morgan fingerprint density at radius 1 is 1.10 bits per heavy atom. The van der Waals surface area contributed by atoms with Crippen LogP contribution in [-0.4, -0.2) is 50.5 Å². The Morgan fingerprint density at radius 3 is 2.32 bits per heavy atom. The van der Waals surface area contributed by atoms with Crippen LogP contribution in [-0.2, 0) is 14.8 Å². The first-order valence-corrected chi connectivity index (χ1v) is 12.0. The molecule has 2 amide bonds. The third-order valence-electron chi connectivity index (χ3n) is 5.23. The summed E-state index contributed by atoms with van der Waals surface area (Å²) >= 11 is 0. The summed E-state index contributed by atoms with van der Waals surface area (Å²) in [6.07, 6.45) is 2.91. The van der Waals surface area contributed by atoms with E-state index in [9.17, 15) is 22.4 Å². The molecule has 1 unspecified atom stereocenters. The molecule has 9 heteroatoms. The fourth-order valence-electron chi connectivity index (χ4n) is 3.75. The van der Waals surface area contributed by atoms with Gasteiger partial charge in [0.25, 0.3) is 5.91 Å².